The van der Waals surface area contributed by atoms with Crippen LogP contribution in [0.25, 0.3) is 0 Å². The summed E-state index contributed by atoms with van der Waals surface area (Å²) in [7, 11) is 1.51. The SMILES string of the molecule is CN(N)C(=O)NCC1=CCCC=C1. The van der Waals surface area contributed by atoms with Gasteiger partial charge in [0.15, 0.2) is 0 Å². The van der Waals surface area contributed by atoms with Crippen LogP contribution < -0.4 is 11.2 Å². The van der Waals surface area contributed by atoms with Crippen molar-refractivity contribution in [2.75, 3.05) is 13.6 Å². The van der Waals surface area contributed by atoms with E-state index >= 15 is 0 Å². The average Bonchev–Trinajstić information content (AvgIpc) is 2.15. The second kappa shape index (κ2) is 4.67. The lowest BCUT2D eigenvalue weighted by molar-refractivity contribution is 0.211. The summed E-state index contributed by atoms with van der Waals surface area (Å²) in [4.78, 5) is 11.0. The smallest absolute Gasteiger partial charge is 0.331 e. The first-order chi connectivity index (χ1) is 6.20. The van der Waals surface area contributed by atoms with E-state index in [1.54, 1.807) is 0 Å². The Morgan fingerprint density at radius 1 is 1.69 bits per heavy atom. The monoisotopic (exact) mass is 181 g/mol. The van der Waals surface area contributed by atoms with Crippen molar-refractivity contribution < 1.29 is 4.79 Å². The zero-order chi connectivity index (χ0) is 9.68. The quantitative estimate of drug-likeness (QED) is 0.375. The molecule has 0 aromatic heterocycles. The first kappa shape index (κ1) is 9.80. The van der Waals surface area contributed by atoms with Crippen LogP contribution in [0.5, 0.6) is 0 Å². The molecule has 0 atom stereocenters. The van der Waals surface area contributed by atoms with Crippen LogP contribution in [-0.4, -0.2) is 24.6 Å². The Balaban J connectivity index is 2.30. The van der Waals surface area contributed by atoms with Crippen molar-refractivity contribution in [3.8, 4) is 0 Å². The third-order valence-electron chi connectivity index (χ3n) is 1.84. The largest absolute Gasteiger partial charge is 0.333 e. The summed E-state index contributed by atoms with van der Waals surface area (Å²) in [5.74, 6) is 5.24. The zero-order valence-electron chi connectivity index (χ0n) is 7.79. The van der Waals surface area contributed by atoms with E-state index in [9.17, 15) is 4.79 Å². The summed E-state index contributed by atoms with van der Waals surface area (Å²) in [6.45, 7) is 0.552. The van der Waals surface area contributed by atoms with Gasteiger partial charge in [0.1, 0.15) is 0 Å². The predicted molar refractivity (Wildman–Crippen MR) is 51.8 cm³/mol. The molecule has 2 amide bonds. The maximum atomic E-state index is 11.0. The third kappa shape index (κ3) is 3.29. The van der Waals surface area contributed by atoms with Crippen LogP contribution in [-0.2, 0) is 0 Å². The highest BCUT2D eigenvalue weighted by Crippen LogP contribution is 2.07. The standard InChI is InChI=1S/C9H15N3O/c1-12(10)9(13)11-7-8-5-3-2-4-6-8/h3,5-6H,2,4,7,10H2,1H3,(H,11,13). The Hall–Kier alpha value is -1.29. The molecule has 0 unspecified atom stereocenters. The Morgan fingerprint density at radius 3 is 3.00 bits per heavy atom. The number of allylic oxidation sites excluding steroid dienone is 2. The van der Waals surface area contributed by atoms with Crippen molar-refractivity contribution in [3.05, 3.63) is 23.8 Å². The molecule has 0 saturated heterocycles. The molecule has 0 saturated carbocycles. The van der Waals surface area contributed by atoms with E-state index in [-0.39, 0.29) is 6.03 Å². The lowest BCUT2D eigenvalue weighted by Gasteiger charge is -2.12. The zero-order valence-corrected chi connectivity index (χ0v) is 7.79. The number of hydrogen-bond acceptors (Lipinski definition) is 2. The number of rotatable bonds is 2. The number of hydrogen-bond donors (Lipinski definition) is 2. The Kier molecular flexibility index (Phi) is 3.52. The molecular weight excluding hydrogens is 166 g/mol. The molecule has 4 heteroatoms. The van der Waals surface area contributed by atoms with Gasteiger partial charge in [0, 0.05) is 13.6 Å². The van der Waals surface area contributed by atoms with E-state index in [1.165, 1.54) is 7.05 Å². The minimum absolute atomic E-state index is 0.264. The van der Waals surface area contributed by atoms with Crippen LogP contribution in [0.2, 0.25) is 0 Å². The van der Waals surface area contributed by atoms with Crippen LogP contribution in [0, 0.1) is 0 Å². The van der Waals surface area contributed by atoms with E-state index in [0.29, 0.717) is 6.54 Å². The second-order valence-electron chi connectivity index (χ2n) is 3.03. The number of nitrogens with one attached hydrogen (secondary N) is 1. The molecule has 0 spiro atoms. The summed E-state index contributed by atoms with van der Waals surface area (Å²) in [5, 5.41) is 3.73. The fourth-order valence-electron chi connectivity index (χ4n) is 1.10. The van der Waals surface area contributed by atoms with Crippen molar-refractivity contribution in [2.45, 2.75) is 12.8 Å². The second-order valence-corrected chi connectivity index (χ2v) is 3.03. The number of carbonyl (C=O) groups excluding carboxylic acids is 1. The summed E-state index contributed by atoms with van der Waals surface area (Å²) in [5.41, 5.74) is 1.14. The van der Waals surface area contributed by atoms with Gasteiger partial charge in [0.05, 0.1) is 0 Å². The average molecular weight is 181 g/mol. The summed E-state index contributed by atoms with van der Waals surface area (Å²) < 4.78 is 0. The van der Waals surface area contributed by atoms with Gasteiger partial charge in [-0.1, -0.05) is 18.2 Å². The maximum absolute atomic E-state index is 11.0. The van der Waals surface area contributed by atoms with Crippen molar-refractivity contribution in [3.63, 3.8) is 0 Å². The van der Waals surface area contributed by atoms with Gasteiger partial charge in [-0.25, -0.2) is 10.6 Å². The highest BCUT2D eigenvalue weighted by Gasteiger charge is 2.03. The maximum Gasteiger partial charge on any atom is 0.331 e. The molecule has 4 nitrogen and oxygen atoms in total. The fraction of sp³-hybridized carbons (Fsp3) is 0.444. The number of hydrazine groups is 1. The van der Waals surface area contributed by atoms with Crippen molar-refractivity contribution in [1.29, 1.82) is 0 Å². The molecule has 0 heterocycles. The normalized spacial score (nSPS) is 15.1. The van der Waals surface area contributed by atoms with E-state index in [2.05, 4.69) is 17.5 Å². The molecule has 0 aromatic carbocycles. The molecule has 1 aliphatic rings. The minimum atomic E-state index is -0.264. The summed E-state index contributed by atoms with van der Waals surface area (Å²) in [6.07, 6.45) is 8.40. The van der Waals surface area contributed by atoms with Gasteiger partial charge < -0.3 is 5.32 Å². The number of nitrogens with zero attached hydrogens (tertiary/aromatic N) is 1. The lowest BCUT2D eigenvalue weighted by atomic mass is 10.1. The predicted octanol–water partition coefficient (Wildman–Crippen LogP) is 0.778. The van der Waals surface area contributed by atoms with Gasteiger partial charge >= 0.3 is 6.03 Å². The number of nitrogens with two attached hydrogens (primary N) is 1. The topological polar surface area (TPSA) is 58.4 Å². The van der Waals surface area contributed by atoms with E-state index < -0.39 is 0 Å². The van der Waals surface area contributed by atoms with E-state index in [0.717, 1.165) is 23.4 Å². The van der Waals surface area contributed by atoms with E-state index in [4.69, 9.17) is 5.84 Å². The Bertz CT molecular complexity index is 243. The fourth-order valence-corrected chi connectivity index (χ4v) is 1.10. The number of carbonyl (C=O) groups is 1. The van der Waals surface area contributed by atoms with Gasteiger partial charge in [0.2, 0.25) is 0 Å². The minimum Gasteiger partial charge on any atom is -0.333 e. The Labute approximate surface area is 78.1 Å². The van der Waals surface area contributed by atoms with Crippen molar-refractivity contribution in [1.82, 2.24) is 10.3 Å². The van der Waals surface area contributed by atoms with Crippen LogP contribution >= 0.6 is 0 Å². The third-order valence-corrected chi connectivity index (χ3v) is 1.84. The van der Waals surface area contributed by atoms with Gasteiger partial charge in [-0.3, -0.25) is 5.01 Å². The van der Waals surface area contributed by atoms with Gasteiger partial charge in [-0.05, 0) is 18.4 Å². The van der Waals surface area contributed by atoms with E-state index in [1.807, 2.05) is 6.08 Å². The lowest BCUT2D eigenvalue weighted by Crippen LogP contribution is -2.42. The molecular formula is C9H15N3O. The van der Waals surface area contributed by atoms with Crippen LogP contribution in [0.4, 0.5) is 4.79 Å². The molecule has 72 valence electrons. The van der Waals surface area contributed by atoms with Crippen LogP contribution in [0.1, 0.15) is 12.8 Å². The first-order valence-corrected chi connectivity index (χ1v) is 4.32. The van der Waals surface area contributed by atoms with Gasteiger partial charge in [0.25, 0.3) is 0 Å². The van der Waals surface area contributed by atoms with Crippen LogP contribution in [0.3, 0.4) is 0 Å². The molecule has 3 N–H and O–H groups in total. The molecule has 0 fully saturated rings. The summed E-state index contributed by atoms with van der Waals surface area (Å²) in [6, 6.07) is -0.264. The van der Waals surface area contributed by atoms with Gasteiger partial charge in [-0.15, -0.1) is 0 Å². The highest BCUT2D eigenvalue weighted by molar-refractivity contribution is 5.73. The van der Waals surface area contributed by atoms with Gasteiger partial charge in [-0.2, -0.15) is 0 Å². The molecule has 1 rings (SSSR count). The molecule has 0 bridgehead atoms. The molecule has 0 radical (unpaired) electrons. The number of amides is 2. The highest BCUT2D eigenvalue weighted by atomic mass is 16.2. The molecule has 0 aromatic rings. The first-order valence-electron chi connectivity index (χ1n) is 4.32. The molecule has 0 aliphatic heterocycles. The van der Waals surface area contributed by atoms with Crippen molar-refractivity contribution >= 4 is 6.03 Å². The van der Waals surface area contributed by atoms with Crippen LogP contribution in [0.15, 0.2) is 23.8 Å². The molecule has 13 heavy (non-hydrogen) atoms. The number of urea groups is 1. The summed E-state index contributed by atoms with van der Waals surface area (Å²) >= 11 is 0. The van der Waals surface area contributed by atoms with Crippen molar-refractivity contribution in [2.24, 2.45) is 5.84 Å². The Morgan fingerprint density at radius 2 is 2.46 bits per heavy atom. The molecule has 1 aliphatic carbocycles.